The molecule has 0 aliphatic carbocycles. The SMILES string of the molecule is CN(C)c1ccc(-c2cc(C(=O)O)c(NC(=O)c3ccc(C(C)(C)C)cc3)cc2Cl)cc1. The van der Waals surface area contributed by atoms with Gasteiger partial charge in [0.25, 0.3) is 5.91 Å². The van der Waals surface area contributed by atoms with Crippen LogP contribution >= 0.6 is 11.6 Å². The summed E-state index contributed by atoms with van der Waals surface area (Å²) in [5, 5.41) is 12.8. The van der Waals surface area contributed by atoms with Crippen LogP contribution in [-0.2, 0) is 5.41 Å². The van der Waals surface area contributed by atoms with E-state index in [1.54, 1.807) is 12.1 Å². The van der Waals surface area contributed by atoms with Crippen LogP contribution in [0.2, 0.25) is 5.02 Å². The zero-order valence-electron chi connectivity index (χ0n) is 18.9. The highest BCUT2D eigenvalue weighted by atomic mass is 35.5. The van der Waals surface area contributed by atoms with Gasteiger partial charge in [0, 0.05) is 30.9 Å². The fraction of sp³-hybridized carbons (Fsp3) is 0.231. The third-order valence-corrected chi connectivity index (χ3v) is 5.61. The second-order valence-electron chi connectivity index (χ2n) is 8.91. The molecule has 1 amide bonds. The molecule has 32 heavy (non-hydrogen) atoms. The summed E-state index contributed by atoms with van der Waals surface area (Å²) in [7, 11) is 3.89. The molecule has 0 heterocycles. The number of aromatic carboxylic acids is 1. The summed E-state index contributed by atoms with van der Waals surface area (Å²) < 4.78 is 0. The fourth-order valence-corrected chi connectivity index (χ4v) is 3.60. The summed E-state index contributed by atoms with van der Waals surface area (Å²) in [5.41, 5.74) is 4.04. The van der Waals surface area contributed by atoms with Crippen LogP contribution in [0.3, 0.4) is 0 Å². The molecule has 0 spiro atoms. The van der Waals surface area contributed by atoms with E-state index in [1.165, 1.54) is 12.1 Å². The van der Waals surface area contributed by atoms with Gasteiger partial charge in [-0.2, -0.15) is 0 Å². The number of carboxylic acid groups (broad SMARTS) is 1. The number of carbonyl (C=O) groups is 2. The van der Waals surface area contributed by atoms with Gasteiger partial charge in [-0.15, -0.1) is 0 Å². The molecule has 0 bridgehead atoms. The molecule has 166 valence electrons. The molecular formula is C26H27ClN2O3. The van der Waals surface area contributed by atoms with Crippen molar-refractivity contribution < 1.29 is 14.7 Å². The largest absolute Gasteiger partial charge is 0.478 e. The number of amides is 1. The minimum absolute atomic E-state index is 0.0271. The van der Waals surface area contributed by atoms with E-state index in [-0.39, 0.29) is 16.7 Å². The van der Waals surface area contributed by atoms with E-state index in [2.05, 4.69) is 26.1 Å². The van der Waals surface area contributed by atoms with Gasteiger partial charge >= 0.3 is 5.97 Å². The first-order valence-corrected chi connectivity index (χ1v) is 10.6. The van der Waals surface area contributed by atoms with Crippen LogP contribution in [0.15, 0.2) is 60.7 Å². The number of hydrogen-bond donors (Lipinski definition) is 2. The third kappa shape index (κ3) is 5.11. The van der Waals surface area contributed by atoms with Gasteiger partial charge in [-0.05, 0) is 52.9 Å². The van der Waals surface area contributed by atoms with E-state index in [0.29, 0.717) is 16.1 Å². The Morgan fingerprint density at radius 2 is 1.53 bits per heavy atom. The lowest BCUT2D eigenvalue weighted by molar-refractivity contribution is 0.0698. The van der Waals surface area contributed by atoms with Crippen LogP contribution in [0, 0.1) is 0 Å². The molecule has 0 saturated heterocycles. The number of benzene rings is 3. The molecule has 3 rings (SSSR count). The number of anilines is 2. The predicted molar refractivity (Wildman–Crippen MR) is 131 cm³/mol. The maximum absolute atomic E-state index is 12.8. The lowest BCUT2D eigenvalue weighted by Crippen LogP contribution is -2.16. The number of carbonyl (C=O) groups excluding carboxylic acids is 1. The van der Waals surface area contributed by atoms with Crippen molar-refractivity contribution in [3.05, 3.63) is 82.4 Å². The van der Waals surface area contributed by atoms with Gasteiger partial charge in [0.2, 0.25) is 0 Å². The zero-order chi connectivity index (χ0) is 23.6. The summed E-state index contributed by atoms with van der Waals surface area (Å²) >= 11 is 6.49. The highest BCUT2D eigenvalue weighted by molar-refractivity contribution is 6.34. The number of nitrogens with zero attached hydrogens (tertiary/aromatic N) is 1. The van der Waals surface area contributed by atoms with Crippen LogP contribution in [-0.4, -0.2) is 31.1 Å². The van der Waals surface area contributed by atoms with Crippen molar-refractivity contribution in [3.63, 3.8) is 0 Å². The van der Waals surface area contributed by atoms with E-state index in [4.69, 9.17) is 11.6 Å². The first kappa shape index (κ1) is 23.4. The average molecular weight is 451 g/mol. The molecule has 0 atom stereocenters. The molecule has 5 nitrogen and oxygen atoms in total. The van der Waals surface area contributed by atoms with Crippen LogP contribution in [0.1, 0.15) is 47.1 Å². The average Bonchev–Trinajstić information content (AvgIpc) is 2.73. The summed E-state index contributed by atoms with van der Waals surface area (Å²) in [6.07, 6.45) is 0. The second kappa shape index (κ2) is 9.05. The first-order chi connectivity index (χ1) is 15.0. The van der Waals surface area contributed by atoms with Gasteiger partial charge in [-0.3, -0.25) is 4.79 Å². The summed E-state index contributed by atoms with van der Waals surface area (Å²) in [6.45, 7) is 6.29. The minimum atomic E-state index is -1.15. The zero-order valence-corrected chi connectivity index (χ0v) is 19.6. The van der Waals surface area contributed by atoms with Crippen molar-refractivity contribution in [1.29, 1.82) is 0 Å². The van der Waals surface area contributed by atoms with Gasteiger partial charge in [0.1, 0.15) is 0 Å². The van der Waals surface area contributed by atoms with Gasteiger partial charge in [-0.1, -0.05) is 56.6 Å². The van der Waals surface area contributed by atoms with Crippen LogP contribution < -0.4 is 10.2 Å². The number of nitrogens with one attached hydrogen (secondary N) is 1. The van der Waals surface area contributed by atoms with Crippen LogP contribution in [0.4, 0.5) is 11.4 Å². The molecule has 0 aliphatic heterocycles. The number of hydrogen-bond acceptors (Lipinski definition) is 3. The van der Waals surface area contributed by atoms with E-state index in [9.17, 15) is 14.7 Å². The van der Waals surface area contributed by atoms with E-state index >= 15 is 0 Å². The van der Waals surface area contributed by atoms with E-state index in [1.807, 2.05) is 55.4 Å². The number of halogens is 1. The van der Waals surface area contributed by atoms with Crippen molar-refractivity contribution >= 4 is 34.9 Å². The van der Waals surface area contributed by atoms with Crippen molar-refractivity contribution in [2.24, 2.45) is 0 Å². The third-order valence-electron chi connectivity index (χ3n) is 5.29. The normalized spacial score (nSPS) is 11.2. The monoisotopic (exact) mass is 450 g/mol. The Kier molecular flexibility index (Phi) is 6.60. The Bertz CT molecular complexity index is 1150. The Hall–Kier alpha value is -3.31. The summed E-state index contributed by atoms with van der Waals surface area (Å²) in [5.74, 6) is -1.54. The van der Waals surface area contributed by atoms with Crippen molar-refractivity contribution in [3.8, 4) is 11.1 Å². The Balaban J connectivity index is 1.92. The van der Waals surface area contributed by atoms with Crippen LogP contribution in [0.5, 0.6) is 0 Å². The quantitative estimate of drug-likeness (QED) is 0.477. The fourth-order valence-electron chi connectivity index (χ4n) is 3.33. The highest BCUT2D eigenvalue weighted by Gasteiger charge is 2.19. The van der Waals surface area contributed by atoms with E-state index < -0.39 is 11.9 Å². The molecule has 0 aromatic heterocycles. The predicted octanol–water partition coefficient (Wildman–Crippen LogP) is 6.32. The standard InChI is InChI=1S/C26H27ClN2O3/c1-26(2,3)18-10-6-17(7-11-18)24(30)28-23-15-22(27)20(14-21(23)25(31)32)16-8-12-19(13-9-16)29(4)5/h6-15H,1-5H3,(H,28,30)(H,31,32). The highest BCUT2D eigenvalue weighted by Crippen LogP contribution is 2.34. The Labute approximate surface area is 193 Å². The van der Waals surface area contributed by atoms with Gasteiger partial charge in [0.05, 0.1) is 16.3 Å². The van der Waals surface area contributed by atoms with Gasteiger partial charge in [0.15, 0.2) is 0 Å². The lowest BCUT2D eigenvalue weighted by atomic mass is 9.86. The number of rotatable bonds is 5. The molecule has 0 saturated carbocycles. The summed E-state index contributed by atoms with van der Waals surface area (Å²) in [4.78, 5) is 26.7. The molecule has 3 aromatic rings. The molecule has 3 aromatic carbocycles. The smallest absolute Gasteiger partial charge is 0.337 e. The second-order valence-corrected chi connectivity index (χ2v) is 9.31. The van der Waals surface area contributed by atoms with E-state index in [0.717, 1.165) is 16.8 Å². The molecule has 2 N–H and O–H groups in total. The van der Waals surface area contributed by atoms with Gasteiger partial charge < -0.3 is 15.3 Å². The molecule has 6 heteroatoms. The maximum Gasteiger partial charge on any atom is 0.337 e. The first-order valence-electron chi connectivity index (χ1n) is 10.2. The Morgan fingerprint density at radius 1 is 0.938 bits per heavy atom. The van der Waals surface area contributed by atoms with Crippen molar-refractivity contribution in [2.45, 2.75) is 26.2 Å². The van der Waals surface area contributed by atoms with Crippen molar-refractivity contribution in [1.82, 2.24) is 0 Å². The maximum atomic E-state index is 12.8. The molecular weight excluding hydrogens is 424 g/mol. The Morgan fingerprint density at radius 3 is 2.03 bits per heavy atom. The topological polar surface area (TPSA) is 69.6 Å². The molecule has 0 radical (unpaired) electrons. The molecule has 0 fully saturated rings. The minimum Gasteiger partial charge on any atom is -0.478 e. The number of carboxylic acids is 1. The lowest BCUT2D eigenvalue weighted by Gasteiger charge is -2.19. The van der Waals surface area contributed by atoms with Crippen molar-refractivity contribution in [2.75, 3.05) is 24.3 Å². The van der Waals surface area contributed by atoms with Gasteiger partial charge in [-0.25, -0.2) is 4.79 Å². The molecule has 0 aliphatic rings. The summed E-state index contributed by atoms with van der Waals surface area (Å²) in [6, 6.07) is 17.9. The molecule has 0 unspecified atom stereocenters. The van der Waals surface area contributed by atoms with Crippen LogP contribution in [0.25, 0.3) is 11.1 Å².